The molecular formula is C19H29N3O2. The molecule has 0 aromatic heterocycles. The van der Waals surface area contributed by atoms with Gasteiger partial charge in [-0.25, -0.2) is 0 Å². The van der Waals surface area contributed by atoms with Crippen LogP contribution in [0.25, 0.3) is 0 Å². The standard InChI is InChI=1S/C19H29N3O2/c1-5-24-18-11-14(19(23)21(3)4)6-9-17(18)20-15-10-13(2)22(12-15)16-7-8-16/h6,9,11,13,15-16,20H,5,7-8,10,12H2,1-4H3/t13-,15+/m0/s1. The van der Waals surface area contributed by atoms with E-state index in [0.717, 1.165) is 30.4 Å². The quantitative estimate of drug-likeness (QED) is 0.871. The Balaban J connectivity index is 1.73. The lowest BCUT2D eigenvalue weighted by molar-refractivity contribution is 0.0827. The number of hydrogen-bond acceptors (Lipinski definition) is 4. The fourth-order valence-electron chi connectivity index (χ4n) is 3.60. The topological polar surface area (TPSA) is 44.8 Å². The van der Waals surface area contributed by atoms with Crippen LogP contribution in [-0.2, 0) is 0 Å². The first-order valence-corrected chi connectivity index (χ1v) is 9.00. The lowest BCUT2D eigenvalue weighted by atomic mass is 10.1. The predicted molar refractivity (Wildman–Crippen MR) is 96.8 cm³/mol. The van der Waals surface area contributed by atoms with Crippen molar-refractivity contribution in [3.63, 3.8) is 0 Å². The van der Waals surface area contributed by atoms with E-state index < -0.39 is 0 Å². The van der Waals surface area contributed by atoms with Crippen LogP contribution in [-0.4, -0.2) is 61.1 Å². The fourth-order valence-corrected chi connectivity index (χ4v) is 3.60. The van der Waals surface area contributed by atoms with Crippen LogP contribution < -0.4 is 10.1 Å². The molecule has 1 aliphatic carbocycles. The molecule has 0 spiro atoms. The summed E-state index contributed by atoms with van der Waals surface area (Å²) in [5, 5.41) is 3.64. The molecule has 24 heavy (non-hydrogen) atoms. The largest absolute Gasteiger partial charge is 0.492 e. The van der Waals surface area contributed by atoms with Crippen molar-refractivity contribution >= 4 is 11.6 Å². The van der Waals surface area contributed by atoms with Gasteiger partial charge in [-0.2, -0.15) is 0 Å². The molecule has 0 bridgehead atoms. The maximum absolute atomic E-state index is 12.2. The van der Waals surface area contributed by atoms with E-state index in [0.29, 0.717) is 24.3 Å². The van der Waals surface area contributed by atoms with Crippen molar-refractivity contribution in [2.75, 3.05) is 32.6 Å². The normalized spacial score (nSPS) is 24.0. The second kappa shape index (κ2) is 7.01. The molecule has 1 aliphatic heterocycles. The molecular weight excluding hydrogens is 302 g/mol. The van der Waals surface area contributed by atoms with Gasteiger partial charge in [0.05, 0.1) is 12.3 Å². The number of hydrogen-bond donors (Lipinski definition) is 1. The van der Waals surface area contributed by atoms with Gasteiger partial charge in [-0.1, -0.05) is 0 Å². The highest BCUT2D eigenvalue weighted by Crippen LogP contribution is 2.35. The van der Waals surface area contributed by atoms with Gasteiger partial charge in [-0.05, 0) is 51.3 Å². The van der Waals surface area contributed by atoms with E-state index in [1.165, 1.54) is 12.8 Å². The maximum Gasteiger partial charge on any atom is 0.253 e. The van der Waals surface area contributed by atoms with Crippen molar-refractivity contribution in [3.8, 4) is 5.75 Å². The number of likely N-dealkylation sites (tertiary alicyclic amines) is 1. The first kappa shape index (κ1) is 17.1. The van der Waals surface area contributed by atoms with E-state index in [1.807, 2.05) is 25.1 Å². The maximum atomic E-state index is 12.2. The number of ether oxygens (including phenoxy) is 1. The van der Waals surface area contributed by atoms with E-state index in [-0.39, 0.29) is 5.91 Å². The van der Waals surface area contributed by atoms with Gasteiger partial charge in [-0.3, -0.25) is 9.69 Å². The van der Waals surface area contributed by atoms with Crippen LogP contribution in [0.1, 0.15) is 43.5 Å². The van der Waals surface area contributed by atoms with Gasteiger partial charge in [-0.15, -0.1) is 0 Å². The fraction of sp³-hybridized carbons (Fsp3) is 0.632. The Kier molecular flexibility index (Phi) is 4.99. The Hall–Kier alpha value is -1.75. The average Bonchev–Trinajstić information content (AvgIpc) is 3.32. The van der Waals surface area contributed by atoms with Crippen LogP contribution in [0.2, 0.25) is 0 Å². The van der Waals surface area contributed by atoms with Gasteiger partial charge in [0.1, 0.15) is 5.75 Å². The zero-order chi connectivity index (χ0) is 17.3. The zero-order valence-corrected chi connectivity index (χ0v) is 15.2. The summed E-state index contributed by atoms with van der Waals surface area (Å²) in [4.78, 5) is 16.4. The van der Waals surface area contributed by atoms with Crippen molar-refractivity contribution in [2.24, 2.45) is 0 Å². The minimum Gasteiger partial charge on any atom is -0.492 e. The van der Waals surface area contributed by atoms with E-state index >= 15 is 0 Å². The third-order valence-corrected chi connectivity index (χ3v) is 4.93. The molecule has 3 rings (SSSR count). The van der Waals surface area contributed by atoms with Crippen LogP contribution in [0.3, 0.4) is 0 Å². The van der Waals surface area contributed by atoms with Crippen molar-refractivity contribution in [3.05, 3.63) is 23.8 Å². The van der Waals surface area contributed by atoms with Gasteiger partial charge in [0.25, 0.3) is 5.91 Å². The summed E-state index contributed by atoms with van der Waals surface area (Å²) < 4.78 is 5.78. The molecule has 1 N–H and O–H groups in total. The number of carbonyl (C=O) groups excluding carboxylic acids is 1. The summed E-state index contributed by atoms with van der Waals surface area (Å²) in [7, 11) is 3.53. The molecule has 0 radical (unpaired) electrons. The highest BCUT2D eigenvalue weighted by atomic mass is 16.5. The summed E-state index contributed by atoms with van der Waals surface area (Å²) in [6.07, 6.45) is 3.85. The summed E-state index contributed by atoms with van der Waals surface area (Å²) in [5.74, 6) is 0.764. The molecule has 1 aromatic carbocycles. The molecule has 0 unspecified atom stereocenters. The SMILES string of the molecule is CCOc1cc(C(=O)N(C)C)ccc1N[C@@H]1C[C@H](C)N(C2CC2)C1. The first-order chi connectivity index (χ1) is 11.5. The molecule has 2 aliphatic rings. The van der Waals surface area contributed by atoms with Gasteiger partial charge in [0.2, 0.25) is 0 Å². The minimum absolute atomic E-state index is 0.00287. The average molecular weight is 331 g/mol. The Morgan fingerprint density at radius 2 is 2.12 bits per heavy atom. The highest BCUT2D eigenvalue weighted by molar-refractivity contribution is 5.95. The Morgan fingerprint density at radius 3 is 2.75 bits per heavy atom. The van der Waals surface area contributed by atoms with Crippen LogP contribution >= 0.6 is 0 Å². The highest BCUT2D eigenvalue weighted by Gasteiger charge is 2.38. The molecule has 2 fully saturated rings. The van der Waals surface area contributed by atoms with E-state index in [2.05, 4.69) is 17.1 Å². The van der Waals surface area contributed by atoms with Crippen molar-refractivity contribution in [2.45, 2.75) is 51.2 Å². The van der Waals surface area contributed by atoms with E-state index in [1.54, 1.807) is 19.0 Å². The molecule has 1 saturated heterocycles. The molecule has 1 saturated carbocycles. The molecule has 2 atom stereocenters. The number of rotatable bonds is 6. The zero-order valence-electron chi connectivity index (χ0n) is 15.2. The minimum atomic E-state index is -0.00287. The van der Waals surface area contributed by atoms with Crippen LogP contribution in [0.15, 0.2) is 18.2 Å². The molecule has 5 heteroatoms. The summed E-state index contributed by atoms with van der Waals surface area (Å²) in [5.41, 5.74) is 1.65. The smallest absolute Gasteiger partial charge is 0.253 e. The number of nitrogens with one attached hydrogen (secondary N) is 1. The Labute approximate surface area is 145 Å². The summed E-state index contributed by atoms with van der Waals surface area (Å²) >= 11 is 0. The molecule has 1 aromatic rings. The molecule has 1 heterocycles. The van der Waals surface area contributed by atoms with E-state index in [4.69, 9.17) is 4.74 Å². The second-order valence-corrected chi connectivity index (χ2v) is 7.20. The summed E-state index contributed by atoms with van der Waals surface area (Å²) in [6, 6.07) is 7.59. The lowest BCUT2D eigenvalue weighted by Gasteiger charge is -2.20. The molecule has 132 valence electrons. The number of nitrogens with zero attached hydrogens (tertiary/aromatic N) is 2. The number of benzene rings is 1. The Bertz CT molecular complexity index is 598. The monoisotopic (exact) mass is 331 g/mol. The van der Waals surface area contributed by atoms with E-state index in [9.17, 15) is 4.79 Å². The number of anilines is 1. The van der Waals surface area contributed by atoms with Crippen molar-refractivity contribution < 1.29 is 9.53 Å². The third kappa shape index (κ3) is 3.66. The van der Waals surface area contributed by atoms with Gasteiger partial charge in [0.15, 0.2) is 0 Å². The van der Waals surface area contributed by atoms with Gasteiger partial charge >= 0.3 is 0 Å². The molecule has 5 nitrogen and oxygen atoms in total. The predicted octanol–water partition coefficient (Wildman–Crippen LogP) is 2.82. The van der Waals surface area contributed by atoms with Crippen LogP contribution in [0, 0.1) is 0 Å². The third-order valence-electron chi connectivity index (χ3n) is 4.93. The second-order valence-electron chi connectivity index (χ2n) is 7.20. The van der Waals surface area contributed by atoms with Crippen LogP contribution in [0.4, 0.5) is 5.69 Å². The van der Waals surface area contributed by atoms with Crippen LogP contribution in [0.5, 0.6) is 5.75 Å². The molecule has 1 amide bonds. The lowest BCUT2D eigenvalue weighted by Crippen LogP contribution is -2.31. The summed E-state index contributed by atoms with van der Waals surface area (Å²) in [6.45, 7) is 5.97. The number of carbonyl (C=O) groups is 1. The number of amides is 1. The van der Waals surface area contributed by atoms with Crippen molar-refractivity contribution in [1.29, 1.82) is 0 Å². The Morgan fingerprint density at radius 1 is 1.38 bits per heavy atom. The first-order valence-electron chi connectivity index (χ1n) is 9.00. The van der Waals surface area contributed by atoms with Crippen molar-refractivity contribution in [1.82, 2.24) is 9.80 Å². The van der Waals surface area contributed by atoms with Gasteiger partial charge < -0.3 is 15.0 Å². The van der Waals surface area contributed by atoms with Gasteiger partial charge in [0, 0.05) is 44.3 Å².